The lowest BCUT2D eigenvalue weighted by atomic mass is 10.2. The van der Waals surface area contributed by atoms with Gasteiger partial charge in [0.25, 0.3) is 0 Å². The number of anilines is 2. The van der Waals surface area contributed by atoms with Gasteiger partial charge in [-0.3, -0.25) is 9.59 Å². The first-order valence-corrected chi connectivity index (χ1v) is 8.29. The molecule has 0 atom stereocenters. The highest BCUT2D eigenvalue weighted by atomic mass is 16.2. The molecule has 0 N–H and O–H groups in total. The molecule has 0 unspecified atom stereocenters. The molecule has 0 aromatic heterocycles. The van der Waals surface area contributed by atoms with E-state index in [2.05, 4.69) is 0 Å². The number of hydrogen-bond acceptors (Lipinski definition) is 2. The van der Waals surface area contributed by atoms with Crippen molar-refractivity contribution in [1.29, 1.82) is 0 Å². The van der Waals surface area contributed by atoms with E-state index in [-0.39, 0.29) is 18.2 Å². The van der Waals surface area contributed by atoms with Gasteiger partial charge in [0.15, 0.2) is 0 Å². The minimum absolute atomic E-state index is 0.134. The lowest BCUT2D eigenvalue weighted by Crippen LogP contribution is -2.38. The quantitative estimate of drug-likeness (QED) is 0.759. The van der Waals surface area contributed by atoms with Gasteiger partial charge in [0, 0.05) is 24.5 Å². The van der Waals surface area contributed by atoms with Crippen molar-refractivity contribution in [3.63, 3.8) is 0 Å². The van der Waals surface area contributed by atoms with E-state index in [1.165, 1.54) is 0 Å². The van der Waals surface area contributed by atoms with E-state index in [9.17, 15) is 9.59 Å². The summed E-state index contributed by atoms with van der Waals surface area (Å²) in [5.74, 6) is -0.359. The average molecular weight is 324 g/mol. The maximum Gasteiger partial charge on any atom is 0.236 e. The van der Waals surface area contributed by atoms with Crippen LogP contribution in [0.4, 0.5) is 11.4 Å². The Kier molecular flexibility index (Phi) is 6.13. The van der Waals surface area contributed by atoms with Crippen LogP contribution >= 0.6 is 0 Å². The normalized spacial score (nSPS) is 10.3. The molecule has 0 heterocycles. The zero-order valence-electron chi connectivity index (χ0n) is 14.5. The summed E-state index contributed by atoms with van der Waals surface area (Å²) in [7, 11) is 0. The van der Waals surface area contributed by atoms with Gasteiger partial charge in [0.2, 0.25) is 11.8 Å². The summed E-state index contributed by atoms with van der Waals surface area (Å²) < 4.78 is 0. The van der Waals surface area contributed by atoms with Gasteiger partial charge in [-0.15, -0.1) is 0 Å². The lowest BCUT2D eigenvalue weighted by Gasteiger charge is -2.24. The number of carbonyl (C=O) groups excluding carboxylic acids is 2. The van der Waals surface area contributed by atoms with E-state index in [0.29, 0.717) is 13.1 Å². The Bertz CT molecular complexity index is 698. The summed E-state index contributed by atoms with van der Waals surface area (Å²) in [5.41, 5.74) is 2.74. The molecule has 0 bridgehead atoms. The molecule has 24 heavy (non-hydrogen) atoms. The molecular weight excluding hydrogens is 300 g/mol. The maximum absolute atomic E-state index is 12.6. The van der Waals surface area contributed by atoms with E-state index in [4.69, 9.17) is 0 Å². The van der Waals surface area contributed by atoms with Gasteiger partial charge >= 0.3 is 0 Å². The van der Waals surface area contributed by atoms with Crippen LogP contribution in [0.25, 0.3) is 0 Å². The maximum atomic E-state index is 12.6. The van der Waals surface area contributed by atoms with Crippen LogP contribution in [0.5, 0.6) is 0 Å². The molecule has 4 nitrogen and oxygen atoms in total. The van der Waals surface area contributed by atoms with E-state index in [1.54, 1.807) is 9.80 Å². The number of rotatable bonds is 6. The van der Waals surface area contributed by atoms with Crippen LogP contribution < -0.4 is 9.80 Å². The topological polar surface area (TPSA) is 40.6 Å². The van der Waals surface area contributed by atoms with Crippen LogP contribution in [0.2, 0.25) is 0 Å². The zero-order valence-corrected chi connectivity index (χ0v) is 14.5. The first-order valence-electron chi connectivity index (χ1n) is 8.29. The minimum atomic E-state index is -0.181. The Labute approximate surface area is 143 Å². The highest BCUT2D eigenvalue weighted by Gasteiger charge is 2.21. The van der Waals surface area contributed by atoms with Crippen molar-refractivity contribution in [2.45, 2.75) is 27.2 Å². The number of carbonyl (C=O) groups is 2. The second-order valence-corrected chi connectivity index (χ2v) is 5.63. The molecular formula is C20H24N2O2. The van der Waals surface area contributed by atoms with Crippen LogP contribution in [0.3, 0.4) is 0 Å². The number of para-hydroxylation sites is 1. The van der Waals surface area contributed by atoms with Crippen molar-refractivity contribution in [2.75, 3.05) is 22.9 Å². The van der Waals surface area contributed by atoms with Crippen molar-refractivity contribution < 1.29 is 9.59 Å². The van der Waals surface area contributed by atoms with Crippen LogP contribution in [0, 0.1) is 6.92 Å². The molecule has 0 radical (unpaired) electrons. The molecule has 2 aromatic carbocycles. The molecule has 0 spiro atoms. The van der Waals surface area contributed by atoms with Crippen molar-refractivity contribution in [1.82, 2.24) is 0 Å². The van der Waals surface area contributed by atoms with Crippen LogP contribution in [0.1, 0.15) is 25.8 Å². The minimum Gasteiger partial charge on any atom is -0.312 e. The third kappa shape index (κ3) is 4.22. The molecule has 126 valence electrons. The van der Waals surface area contributed by atoms with Gasteiger partial charge in [0.05, 0.1) is 0 Å². The van der Waals surface area contributed by atoms with Crippen LogP contribution in [-0.2, 0) is 9.59 Å². The molecule has 2 aromatic rings. The molecule has 0 saturated carbocycles. The first kappa shape index (κ1) is 17.7. The largest absolute Gasteiger partial charge is 0.312 e. The Hall–Kier alpha value is -2.62. The number of amides is 2. The molecule has 0 fully saturated rings. The Balaban J connectivity index is 2.13. The standard InChI is InChI=1S/C20H24N2O2/c1-4-21(17-11-7-6-8-12-17)19(23)15-20(24)22(5-2)18-13-9-10-16(3)14-18/h6-14H,4-5,15H2,1-3H3. The van der Waals surface area contributed by atoms with Gasteiger partial charge in [0.1, 0.15) is 6.42 Å². The van der Waals surface area contributed by atoms with Crippen molar-refractivity contribution in [3.8, 4) is 0 Å². The number of benzene rings is 2. The van der Waals surface area contributed by atoms with Gasteiger partial charge < -0.3 is 9.80 Å². The average Bonchev–Trinajstić information content (AvgIpc) is 2.57. The number of nitrogens with zero attached hydrogens (tertiary/aromatic N) is 2. The first-order chi connectivity index (χ1) is 11.6. The summed E-state index contributed by atoms with van der Waals surface area (Å²) in [6.45, 7) is 6.88. The monoisotopic (exact) mass is 324 g/mol. The Morgan fingerprint density at radius 2 is 1.33 bits per heavy atom. The van der Waals surface area contributed by atoms with Gasteiger partial charge in [-0.25, -0.2) is 0 Å². The fourth-order valence-electron chi connectivity index (χ4n) is 2.73. The van der Waals surface area contributed by atoms with Crippen molar-refractivity contribution >= 4 is 23.2 Å². The fourth-order valence-corrected chi connectivity index (χ4v) is 2.73. The lowest BCUT2D eigenvalue weighted by molar-refractivity contribution is -0.126. The number of aryl methyl sites for hydroxylation is 1. The third-order valence-electron chi connectivity index (χ3n) is 3.92. The molecule has 0 saturated heterocycles. The van der Waals surface area contributed by atoms with Gasteiger partial charge in [-0.05, 0) is 50.6 Å². The smallest absolute Gasteiger partial charge is 0.236 e. The second-order valence-electron chi connectivity index (χ2n) is 5.63. The molecule has 2 rings (SSSR count). The molecule has 2 amide bonds. The van der Waals surface area contributed by atoms with E-state index in [0.717, 1.165) is 16.9 Å². The molecule has 0 aliphatic carbocycles. The van der Waals surface area contributed by atoms with Crippen LogP contribution in [-0.4, -0.2) is 24.9 Å². The summed E-state index contributed by atoms with van der Waals surface area (Å²) in [4.78, 5) is 28.5. The SMILES string of the molecule is CCN(C(=O)CC(=O)N(CC)c1cccc(C)c1)c1ccccc1. The van der Waals surface area contributed by atoms with E-state index < -0.39 is 0 Å². The highest BCUT2D eigenvalue weighted by molar-refractivity contribution is 6.10. The second kappa shape index (κ2) is 8.29. The van der Waals surface area contributed by atoms with Gasteiger partial charge in [-0.1, -0.05) is 30.3 Å². The summed E-state index contributed by atoms with van der Waals surface area (Å²) in [6, 6.07) is 17.2. The molecule has 0 aliphatic rings. The highest BCUT2D eigenvalue weighted by Crippen LogP contribution is 2.18. The predicted octanol–water partition coefficient (Wildman–Crippen LogP) is 3.79. The Morgan fingerprint density at radius 3 is 1.88 bits per heavy atom. The van der Waals surface area contributed by atoms with Gasteiger partial charge in [-0.2, -0.15) is 0 Å². The third-order valence-corrected chi connectivity index (χ3v) is 3.92. The molecule has 4 heteroatoms. The summed E-state index contributed by atoms with van der Waals surface area (Å²) in [6.07, 6.45) is -0.134. The number of hydrogen-bond donors (Lipinski definition) is 0. The summed E-state index contributed by atoms with van der Waals surface area (Å²) >= 11 is 0. The predicted molar refractivity (Wildman–Crippen MR) is 98.3 cm³/mol. The Morgan fingerprint density at radius 1 is 0.792 bits per heavy atom. The van der Waals surface area contributed by atoms with Crippen molar-refractivity contribution in [2.24, 2.45) is 0 Å². The molecule has 0 aliphatic heterocycles. The van der Waals surface area contributed by atoms with E-state index >= 15 is 0 Å². The summed E-state index contributed by atoms with van der Waals surface area (Å²) in [5, 5.41) is 0. The zero-order chi connectivity index (χ0) is 17.5. The van der Waals surface area contributed by atoms with Crippen molar-refractivity contribution in [3.05, 3.63) is 60.2 Å². The van der Waals surface area contributed by atoms with E-state index in [1.807, 2.05) is 75.4 Å². The fraction of sp³-hybridized carbons (Fsp3) is 0.300. The van der Waals surface area contributed by atoms with Crippen LogP contribution in [0.15, 0.2) is 54.6 Å².